The maximum atomic E-state index is 12.4. The molecule has 0 saturated heterocycles. The van der Waals surface area contributed by atoms with Crippen LogP contribution in [-0.4, -0.2) is 29.9 Å². The van der Waals surface area contributed by atoms with Crippen molar-refractivity contribution in [1.29, 1.82) is 0 Å². The zero-order valence-corrected chi connectivity index (χ0v) is 13.4. The Kier molecular flexibility index (Phi) is 4.97. The van der Waals surface area contributed by atoms with Crippen LogP contribution in [0, 0.1) is 0 Å². The summed E-state index contributed by atoms with van der Waals surface area (Å²) in [7, 11) is -3.34. The number of hydrogen-bond donors (Lipinski definition) is 1. The number of nitrogens with zero attached hydrogens (tertiary/aromatic N) is 2. The van der Waals surface area contributed by atoms with Crippen molar-refractivity contribution >= 4 is 21.4 Å². The molecule has 130 valence electrons. The van der Waals surface area contributed by atoms with Gasteiger partial charge < -0.3 is 5.32 Å². The van der Waals surface area contributed by atoms with Gasteiger partial charge >= 0.3 is 6.18 Å². The standard InChI is InChI=1S/C14H14F3N3O3S/c1-2-24(22,23)11-5-3-10(4-6-11)18-13(21)9-20-8-7-12(19-20)14(15,16)17/h3-8H,2,9H2,1H3,(H,18,21). The number of hydrogen-bond acceptors (Lipinski definition) is 4. The van der Waals surface area contributed by atoms with E-state index in [1.54, 1.807) is 0 Å². The van der Waals surface area contributed by atoms with Gasteiger partial charge in [0.15, 0.2) is 15.5 Å². The highest BCUT2D eigenvalue weighted by Gasteiger charge is 2.33. The molecule has 0 aliphatic heterocycles. The molecule has 0 saturated carbocycles. The monoisotopic (exact) mass is 361 g/mol. The molecule has 0 aliphatic rings. The van der Waals surface area contributed by atoms with Gasteiger partial charge in [-0.3, -0.25) is 9.48 Å². The number of amides is 1. The molecule has 24 heavy (non-hydrogen) atoms. The molecule has 0 aliphatic carbocycles. The lowest BCUT2D eigenvalue weighted by molar-refractivity contribution is -0.141. The number of nitrogens with one attached hydrogen (secondary N) is 1. The maximum absolute atomic E-state index is 12.4. The van der Waals surface area contributed by atoms with Crippen LogP contribution in [0.5, 0.6) is 0 Å². The lowest BCUT2D eigenvalue weighted by atomic mass is 10.3. The fourth-order valence-electron chi connectivity index (χ4n) is 1.86. The number of carbonyl (C=O) groups is 1. The molecule has 0 radical (unpaired) electrons. The summed E-state index contributed by atoms with van der Waals surface area (Å²) < 4.78 is 61.5. The summed E-state index contributed by atoms with van der Waals surface area (Å²) in [5.74, 6) is -0.627. The first-order valence-corrected chi connectivity index (χ1v) is 8.50. The van der Waals surface area contributed by atoms with Gasteiger partial charge in [0, 0.05) is 11.9 Å². The van der Waals surface area contributed by atoms with Gasteiger partial charge in [-0.2, -0.15) is 18.3 Å². The summed E-state index contributed by atoms with van der Waals surface area (Å²) in [5.41, 5.74) is -0.748. The SMILES string of the molecule is CCS(=O)(=O)c1ccc(NC(=O)Cn2ccc(C(F)(F)F)n2)cc1. The van der Waals surface area contributed by atoms with Crippen molar-refractivity contribution in [2.45, 2.75) is 24.5 Å². The Morgan fingerprint density at radius 1 is 1.21 bits per heavy atom. The minimum atomic E-state index is -4.57. The number of sulfone groups is 1. The van der Waals surface area contributed by atoms with Gasteiger partial charge in [0.25, 0.3) is 0 Å². The predicted octanol–water partition coefficient (Wildman–Crippen LogP) is 2.33. The summed E-state index contributed by atoms with van der Waals surface area (Å²) in [4.78, 5) is 11.9. The van der Waals surface area contributed by atoms with Crippen molar-refractivity contribution in [1.82, 2.24) is 9.78 Å². The van der Waals surface area contributed by atoms with E-state index in [9.17, 15) is 26.4 Å². The highest BCUT2D eigenvalue weighted by atomic mass is 32.2. The zero-order valence-electron chi connectivity index (χ0n) is 12.5. The van der Waals surface area contributed by atoms with Gasteiger partial charge in [-0.25, -0.2) is 8.42 Å². The topological polar surface area (TPSA) is 81.1 Å². The van der Waals surface area contributed by atoms with Crippen LogP contribution >= 0.6 is 0 Å². The van der Waals surface area contributed by atoms with Crippen molar-refractivity contribution in [3.8, 4) is 0 Å². The first-order valence-electron chi connectivity index (χ1n) is 6.85. The number of halogens is 3. The van der Waals surface area contributed by atoms with Crippen LogP contribution < -0.4 is 5.32 Å². The van der Waals surface area contributed by atoms with Gasteiger partial charge in [-0.15, -0.1) is 0 Å². The molecule has 1 aromatic carbocycles. The van der Waals surface area contributed by atoms with E-state index in [4.69, 9.17) is 0 Å². The third-order valence-electron chi connectivity index (χ3n) is 3.11. The van der Waals surface area contributed by atoms with Gasteiger partial charge in [-0.05, 0) is 30.3 Å². The highest BCUT2D eigenvalue weighted by molar-refractivity contribution is 7.91. The maximum Gasteiger partial charge on any atom is 0.435 e. The van der Waals surface area contributed by atoms with E-state index in [1.165, 1.54) is 31.2 Å². The number of benzene rings is 1. The van der Waals surface area contributed by atoms with Crippen molar-refractivity contribution in [2.24, 2.45) is 0 Å². The Bertz CT molecular complexity index is 827. The Morgan fingerprint density at radius 2 is 1.83 bits per heavy atom. The molecule has 0 spiro atoms. The largest absolute Gasteiger partial charge is 0.435 e. The van der Waals surface area contributed by atoms with Crippen molar-refractivity contribution < 1.29 is 26.4 Å². The molecule has 1 heterocycles. The number of alkyl halides is 3. The smallest absolute Gasteiger partial charge is 0.324 e. The molecule has 0 bridgehead atoms. The van der Waals surface area contributed by atoms with Crippen LogP contribution in [0.4, 0.5) is 18.9 Å². The van der Waals surface area contributed by atoms with E-state index in [0.717, 1.165) is 16.9 Å². The van der Waals surface area contributed by atoms with Crippen LogP contribution in [0.25, 0.3) is 0 Å². The average molecular weight is 361 g/mol. The zero-order chi connectivity index (χ0) is 18.0. The number of aromatic nitrogens is 2. The van der Waals surface area contributed by atoms with Crippen molar-refractivity contribution in [3.63, 3.8) is 0 Å². The van der Waals surface area contributed by atoms with E-state index in [0.29, 0.717) is 5.69 Å². The van der Waals surface area contributed by atoms with Gasteiger partial charge in [0.05, 0.1) is 10.6 Å². The number of rotatable bonds is 5. The van der Waals surface area contributed by atoms with Gasteiger partial charge in [0.1, 0.15) is 6.54 Å². The van der Waals surface area contributed by atoms with Crippen LogP contribution in [0.3, 0.4) is 0 Å². The van der Waals surface area contributed by atoms with Crippen LogP contribution in [0.15, 0.2) is 41.4 Å². The van der Waals surface area contributed by atoms with Gasteiger partial charge in [-0.1, -0.05) is 6.92 Å². The van der Waals surface area contributed by atoms with Crippen LogP contribution in [0.2, 0.25) is 0 Å². The molecule has 0 atom stereocenters. The Hall–Kier alpha value is -2.36. The van der Waals surface area contributed by atoms with E-state index in [-0.39, 0.29) is 10.6 Å². The molecule has 2 aromatic rings. The van der Waals surface area contributed by atoms with E-state index in [1.807, 2.05) is 0 Å². The summed E-state index contributed by atoms with van der Waals surface area (Å²) in [6.45, 7) is 1.12. The first kappa shape index (κ1) is 18.0. The first-order chi connectivity index (χ1) is 11.1. The Morgan fingerprint density at radius 3 is 2.33 bits per heavy atom. The second kappa shape index (κ2) is 6.63. The fourth-order valence-corrected chi connectivity index (χ4v) is 2.74. The molecule has 6 nitrogen and oxygen atoms in total. The van der Waals surface area contributed by atoms with Gasteiger partial charge in [0.2, 0.25) is 5.91 Å². The molecule has 0 unspecified atom stereocenters. The summed E-state index contributed by atoms with van der Waals surface area (Å²) in [6.07, 6.45) is -3.51. The molecular weight excluding hydrogens is 347 g/mol. The number of anilines is 1. The average Bonchev–Trinajstić information content (AvgIpc) is 2.96. The quantitative estimate of drug-likeness (QED) is 0.886. The molecule has 1 N–H and O–H groups in total. The summed E-state index contributed by atoms with van der Waals surface area (Å²) in [5, 5.41) is 5.73. The van der Waals surface area contributed by atoms with Crippen molar-refractivity contribution in [3.05, 3.63) is 42.2 Å². The minimum absolute atomic E-state index is 0.0421. The Labute approximate surface area is 136 Å². The second-order valence-corrected chi connectivity index (χ2v) is 7.15. The predicted molar refractivity (Wildman–Crippen MR) is 80.0 cm³/mol. The van der Waals surface area contributed by atoms with E-state index < -0.39 is 34.2 Å². The van der Waals surface area contributed by atoms with Crippen LogP contribution in [0.1, 0.15) is 12.6 Å². The lowest BCUT2D eigenvalue weighted by Gasteiger charge is -2.07. The Balaban J connectivity index is 2.01. The molecule has 1 aromatic heterocycles. The lowest BCUT2D eigenvalue weighted by Crippen LogP contribution is -2.19. The third-order valence-corrected chi connectivity index (χ3v) is 4.86. The normalized spacial score (nSPS) is 12.2. The van der Waals surface area contributed by atoms with Crippen molar-refractivity contribution in [2.75, 3.05) is 11.1 Å². The number of carbonyl (C=O) groups excluding carboxylic acids is 1. The fraction of sp³-hybridized carbons (Fsp3) is 0.286. The minimum Gasteiger partial charge on any atom is -0.324 e. The highest BCUT2D eigenvalue weighted by Crippen LogP contribution is 2.27. The van der Waals surface area contributed by atoms with E-state index in [2.05, 4.69) is 10.4 Å². The third kappa shape index (κ3) is 4.34. The molecule has 0 fully saturated rings. The summed E-state index contributed by atoms with van der Waals surface area (Å²) in [6, 6.07) is 6.29. The molecule has 1 amide bonds. The molecule has 2 rings (SSSR count). The molecular formula is C14H14F3N3O3S. The molecule has 10 heteroatoms. The van der Waals surface area contributed by atoms with E-state index >= 15 is 0 Å². The van der Waals surface area contributed by atoms with Crippen LogP contribution in [-0.2, 0) is 27.4 Å². The second-order valence-electron chi connectivity index (χ2n) is 4.87. The summed E-state index contributed by atoms with van der Waals surface area (Å²) >= 11 is 0.